The van der Waals surface area contributed by atoms with Crippen molar-refractivity contribution >= 4 is 0 Å². The molecule has 0 rings (SSSR count). The molecule has 0 aromatic rings. The highest BCUT2D eigenvalue weighted by atomic mass is 15.1. The highest BCUT2D eigenvalue weighted by molar-refractivity contribution is 4.71. The van der Waals surface area contributed by atoms with E-state index in [1.54, 1.807) is 0 Å². The van der Waals surface area contributed by atoms with Crippen molar-refractivity contribution in [2.75, 3.05) is 20.1 Å². The third-order valence-electron chi connectivity index (χ3n) is 2.22. The van der Waals surface area contributed by atoms with Crippen molar-refractivity contribution in [1.82, 2.24) is 4.90 Å². The van der Waals surface area contributed by atoms with Gasteiger partial charge in [0.05, 0.1) is 0 Å². The quantitative estimate of drug-likeness (QED) is 0.618. The van der Waals surface area contributed by atoms with Gasteiger partial charge in [0.15, 0.2) is 0 Å². The smallest absolute Gasteiger partial charge is 0.00970 e. The minimum Gasteiger partial charge on any atom is -0.326 e. The molecule has 0 aliphatic rings. The van der Waals surface area contributed by atoms with Gasteiger partial charge in [-0.15, -0.1) is 0 Å². The molecule has 0 aromatic carbocycles. The van der Waals surface area contributed by atoms with Gasteiger partial charge in [-0.05, 0) is 53.2 Å². The lowest BCUT2D eigenvalue weighted by molar-refractivity contribution is 0.317. The lowest BCUT2D eigenvalue weighted by atomic mass is 9.99. The van der Waals surface area contributed by atoms with E-state index < -0.39 is 0 Å². The zero-order valence-electron chi connectivity index (χ0n) is 9.77. The van der Waals surface area contributed by atoms with Crippen LogP contribution in [0.3, 0.4) is 0 Å². The summed E-state index contributed by atoms with van der Waals surface area (Å²) < 4.78 is 0. The molecule has 0 aliphatic heterocycles. The van der Waals surface area contributed by atoms with Crippen LogP contribution in [0.25, 0.3) is 0 Å². The maximum atomic E-state index is 5.90. The van der Waals surface area contributed by atoms with Crippen molar-refractivity contribution < 1.29 is 0 Å². The van der Waals surface area contributed by atoms with Gasteiger partial charge in [-0.2, -0.15) is 0 Å². The molecule has 0 unspecified atom stereocenters. The topological polar surface area (TPSA) is 29.3 Å². The Kier molecular flexibility index (Phi) is 6.35. The molecule has 0 aromatic heterocycles. The molecule has 2 nitrogen and oxygen atoms in total. The van der Waals surface area contributed by atoms with E-state index >= 15 is 0 Å². The van der Waals surface area contributed by atoms with Gasteiger partial charge in [-0.1, -0.05) is 13.3 Å². The summed E-state index contributed by atoms with van der Waals surface area (Å²) in [6.45, 7) is 8.85. The van der Waals surface area contributed by atoms with Crippen LogP contribution in [0.15, 0.2) is 0 Å². The van der Waals surface area contributed by atoms with Crippen LogP contribution in [0, 0.1) is 0 Å². The lowest BCUT2D eigenvalue weighted by Crippen LogP contribution is -2.31. The van der Waals surface area contributed by atoms with Crippen molar-refractivity contribution in [3.8, 4) is 0 Å². The van der Waals surface area contributed by atoms with E-state index in [1.165, 1.54) is 32.4 Å². The molecule has 80 valence electrons. The fourth-order valence-electron chi connectivity index (χ4n) is 1.46. The zero-order valence-corrected chi connectivity index (χ0v) is 9.77. The van der Waals surface area contributed by atoms with Crippen LogP contribution in [0.2, 0.25) is 0 Å². The average molecular weight is 186 g/mol. The van der Waals surface area contributed by atoms with Crippen molar-refractivity contribution in [1.29, 1.82) is 0 Å². The first kappa shape index (κ1) is 12.9. The number of hydrogen-bond donors (Lipinski definition) is 1. The third-order valence-corrected chi connectivity index (χ3v) is 2.22. The molecule has 0 bridgehead atoms. The molecule has 0 spiro atoms. The fraction of sp³-hybridized carbons (Fsp3) is 1.00. The summed E-state index contributed by atoms with van der Waals surface area (Å²) in [5.41, 5.74) is 5.91. The van der Waals surface area contributed by atoms with Crippen LogP contribution in [-0.4, -0.2) is 30.6 Å². The summed E-state index contributed by atoms with van der Waals surface area (Å²) in [6.07, 6.45) is 4.90. The first-order valence-corrected chi connectivity index (χ1v) is 5.43. The Bertz CT molecular complexity index is 116. The van der Waals surface area contributed by atoms with Gasteiger partial charge >= 0.3 is 0 Å². The number of rotatable bonds is 7. The van der Waals surface area contributed by atoms with Crippen LogP contribution >= 0.6 is 0 Å². The number of hydrogen-bond acceptors (Lipinski definition) is 2. The molecule has 0 heterocycles. The Hall–Kier alpha value is -0.0800. The fourth-order valence-corrected chi connectivity index (χ4v) is 1.46. The number of nitrogens with zero attached hydrogens (tertiary/aromatic N) is 1. The molecule has 13 heavy (non-hydrogen) atoms. The summed E-state index contributed by atoms with van der Waals surface area (Å²) in [5, 5.41) is 0. The van der Waals surface area contributed by atoms with E-state index in [2.05, 4.69) is 32.7 Å². The summed E-state index contributed by atoms with van der Waals surface area (Å²) in [4.78, 5) is 2.39. The standard InChI is InChI=1S/C11H26N2/c1-5-9-13(4)10-7-6-8-11(2,3)12/h5-10,12H2,1-4H3. The second kappa shape index (κ2) is 6.39. The predicted molar refractivity (Wildman–Crippen MR) is 59.9 cm³/mol. The summed E-state index contributed by atoms with van der Waals surface area (Å²) >= 11 is 0. The van der Waals surface area contributed by atoms with Crippen LogP contribution < -0.4 is 5.73 Å². The third kappa shape index (κ3) is 9.84. The van der Waals surface area contributed by atoms with Crippen LogP contribution in [-0.2, 0) is 0 Å². The lowest BCUT2D eigenvalue weighted by Gasteiger charge is -2.19. The summed E-state index contributed by atoms with van der Waals surface area (Å²) in [5.74, 6) is 0. The van der Waals surface area contributed by atoms with Crippen molar-refractivity contribution in [3.05, 3.63) is 0 Å². The summed E-state index contributed by atoms with van der Waals surface area (Å²) in [7, 11) is 2.19. The first-order chi connectivity index (χ1) is 5.95. The molecule has 0 aliphatic carbocycles. The monoisotopic (exact) mass is 186 g/mol. The van der Waals surface area contributed by atoms with Crippen molar-refractivity contribution in [2.45, 2.75) is 52.0 Å². The van der Waals surface area contributed by atoms with E-state index in [9.17, 15) is 0 Å². The molecule has 0 radical (unpaired) electrons. The van der Waals surface area contributed by atoms with E-state index in [-0.39, 0.29) is 5.54 Å². The van der Waals surface area contributed by atoms with E-state index in [0.29, 0.717) is 0 Å². The molecule has 0 amide bonds. The molecule has 0 saturated heterocycles. The van der Waals surface area contributed by atoms with Gasteiger partial charge in [-0.3, -0.25) is 0 Å². The average Bonchev–Trinajstić information content (AvgIpc) is 1.97. The Labute approximate surface area is 83.5 Å². The molecular formula is C11H26N2. The van der Waals surface area contributed by atoms with E-state index in [1.807, 2.05) is 0 Å². The molecule has 2 heteroatoms. The maximum Gasteiger partial charge on any atom is 0.00970 e. The SMILES string of the molecule is CCCN(C)CCCCC(C)(C)N. The van der Waals surface area contributed by atoms with E-state index in [4.69, 9.17) is 5.73 Å². The normalized spacial score (nSPS) is 12.5. The highest BCUT2D eigenvalue weighted by Gasteiger charge is 2.09. The second-order valence-corrected chi connectivity index (χ2v) is 4.75. The zero-order chi connectivity index (χ0) is 10.3. The van der Waals surface area contributed by atoms with Crippen LogP contribution in [0.4, 0.5) is 0 Å². The van der Waals surface area contributed by atoms with Crippen molar-refractivity contribution in [3.63, 3.8) is 0 Å². The highest BCUT2D eigenvalue weighted by Crippen LogP contribution is 2.09. The maximum absolute atomic E-state index is 5.90. The van der Waals surface area contributed by atoms with E-state index in [0.717, 1.165) is 6.42 Å². The van der Waals surface area contributed by atoms with Crippen LogP contribution in [0.1, 0.15) is 46.5 Å². The minimum absolute atomic E-state index is 0.0172. The largest absolute Gasteiger partial charge is 0.326 e. The molecular weight excluding hydrogens is 160 g/mol. The van der Waals surface area contributed by atoms with Gasteiger partial charge < -0.3 is 10.6 Å². The number of nitrogens with two attached hydrogens (primary N) is 1. The number of unbranched alkanes of at least 4 members (excludes halogenated alkanes) is 1. The molecule has 0 atom stereocenters. The summed E-state index contributed by atoms with van der Waals surface area (Å²) in [6, 6.07) is 0. The predicted octanol–water partition coefficient (Wildman–Crippen LogP) is 2.24. The Morgan fingerprint density at radius 1 is 1.15 bits per heavy atom. The van der Waals surface area contributed by atoms with Crippen LogP contribution in [0.5, 0.6) is 0 Å². The van der Waals surface area contributed by atoms with Gasteiger partial charge in [0, 0.05) is 5.54 Å². The Morgan fingerprint density at radius 2 is 1.77 bits per heavy atom. The van der Waals surface area contributed by atoms with Gasteiger partial charge in [0.2, 0.25) is 0 Å². The van der Waals surface area contributed by atoms with Gasteiger partial charge in [0.1, 0.15) is 0 Å². The molecule has 0 saturated carbocycles. The van der Waals surface area contributed by atoms with Gasteiger partial charge in [-0.25, -0.2) is 0 Å². The Morgan fingerprint density at radius 3 is 2.23 bits per heavy atom. The van der Waals surface area contributed by atoms with Crippen molar-refractivity contribution in [2.24, 2.45) is 5.73 Å². The minimum atomic E-state index is 0.0172. The molecule has 2 N–H and O–H groups in total. The Balaban J connectivity index is 3.25. The molecule has 0 fully saturated rings. The second-order valence-electron chi connectivity index (χ2n) is 4.75. The van der Waals surface area contributed by atoms with Gasteiger partial charge in [0.25, 0.3) is 0 Å². The first-order valence-electron chi connectivity index (χ1n) is 5.43.